The van der Waals surface area contributed by atoms with Gasteiger partial charge in [-0.15, -0.1) is 0 Å². The predicted molar refractivity (Wildman–Crippen MR) is 76.6 cm³/mol. The summed E-state index contributed by atoms with van der Waals surface area (Å²) in [5, 5.41) is 0. The van der Waals surface area contributed by atoms with Crippen molar-refractivity contribution in [2.75, 3.05) is 26.4 Å². The topological polar surface area (TPSA) is 47.8 Å². The van der Waals surface area contributed by atoms with Gasteiger partial charge in [-0.3, -0.25) is 4.79 Å². The molecule has 0 N–H and O–H groups in total. The Kier molecular flexibility index (Phi) is 7.14. The standard InChI is InChI=1S/C13H22F5NO4Si/c1-4-21-24(22-5-2,23-6-3)9-7-8-19-11(20)12(19,10(14)15)13(16,17)18/h10H,4-9H2,1-3H3. The molecule has 0 aliphatic carbocycles. The highest BCUT2D eigenvalue weighted by Gasteiger charge is 2.83. The maximum atomic E-state index is 12.9. The van der Waals surface area contributed by atoms with E-state index >= 15 is 0 Å². The highest BCUT2D eigenvalue weighted by molar-refractivity contribution is 6.60. The third kappa shape index (κ3) is 3.89. The van der Waals surface area contributed by atoms with Gasteiger partial charge in [0, 0.05) is 32.4 Å². The van der Waals surface area contributed by atoms with Gasteiger partial charge in [-0.25, -0.2) is 8.78 Å². The van der Waals surface area contributed by atoms with E-state index in [2.05, 4.69) is 0 Å². The summed E-state index contributed by atoms with van der Waals surface area (Å²) in [5.74, 6) is -1.60. The molecule has 0 aromatic carbocycles. The lowest BCUT2D eigenvalue weighted by molar-refractivity contribution is -0.201. The van der Waals surface area contributed by atoms with Crippen molar-refractivity contribution in [2.24, 2.45) is 0 Å². The molecule has 0 aromatic rings. The molecule has 1 aliphatic rings. The van der Waals surface area contributed by atoms with Crippen molar-refractivity contribution in [3.05, 3.63) is 0 Å². The van der Waals surface area contributed by atoms with Crippen molar-refractivity contribution in [1.82, 2.24) is 4.90 Å². The maximum absolute atomic E-state index is 12.9. The number of nitrogens with zero attached hydrogens (tertiary/aromatic N) is 1. The van der Waals surface area contributed by atoms with Gasteiger partial charge in [0.25, 0.3) is 17.9 Å². The molecular formula is C13H22F5NO4Si. The molecule has 5 nitrogen and oxygen atoms in total. The zero-order valence-electron chi connectivity index (χ0n) is 13.8. The van der Waals surface area contributed by atoms with E-state index in [1.165, 1.54) is 0 Å². The summed E-state index contributed by atoms with van der Waals surface area (Å²) in [6, 6.07) is 0.142. The number of rotatable bonds is 11. The monoisotopic (exact) mass is 379 g/mol. The highest BCUT2D eigenvalue weighted by Crippen LogP contribution is 2.52. The molecule has 1 fully saturated rings. The van der Waals surface area contributed by atoms with Gasteiger partial charge >= 0.3 is 15.0 Å². The molecule has 0 aromatic heterocycles. The van der Waals surface area contributed by atoms with E-state index in [1.54, 1.807) is 20.8 Å². The van der Waals surface area contributed by atoms with E-state index in [-0.39, 0.29) is 17.4 Å². The summed E-state index contributed by atoms with van der Waals surface area (Å²) in [7, 11) is -3.08. The first kappa shape index (κ1) is 21.3. The lowest BCUT2D eigenvalue weighted by atomic mass is 10.1. The number of halogens is 5. The average molecular weight is 379 g/mol. The van der Waals surface area contributed by atoms with Crippen LogP contribution in [0.5, 0.6) is 0 Å². The minimum absolute atomic E-state index is 0.0164. The van der Waals surface area contributed by atoms with Crippen LogP contribution in [-0.2, 0) is 18.1 Å². The van der Waals surface area contributed by atoms with Crippen molar-refractivity contribution < 1.29 is 40.0 Å². The minimum Gasteiger partial charge on any atom is -0.374 e. The molecule has 1 rings (SSSR count). The highest BCUT2D eigenvalue weighted by atomic mass is 28.4. The van der Waals surface area contributed by atoms with E-state index in [0.717, 1.165) is 0 Å². The third-order valence-electron chi connectivity index (χ3n) is 3.65. The Bertz CT molecular complexity index is 420. The van der Waals surface area contributed by atoms with Gasteiger partial charge < -0.3 is 18.2 Å². The smallest absolute Gasteiger partial charge is 0.374 e. The number of carbonyl (C=O) groups is 1. The van der Waals surface area contributed by atoms with Crippen LogP contribution < -0.4 is 0 Å². The van der Waals surface area contributed by atoms with Crippen LogP contribution in [0.25, 0.3) is 0 Å². The molecule has 1 amide bonds. The molecule has 1 heterocycles. The van der Waals surface area contributed by atoms with Crippen LogP contribution in [0.3, 0.4) is 0 Å². The summed E-state index contributed by atoms with van der Waals surface area (Å²) in [6.07, 6.45) is -9.12. The van der Waals surface area contributed by atoms with Crippen LogP contribution in [0.2, 0.25) is 6.04 Å². The Morgan fingerprint density at radius 3 is 1.83 bits per heavy atom. The fourth-order valence-corrected chi connectivity index (χ4v) is 5.22. The Hall–Kier alpha value is -0.783. The Morgan fingerprint density at radius 2 is 1.54 bits per heavy atom. The van der Waals surface area contributed by atoms with Crippen molar-refractivity contribution in [3.63, 3.8) is 0 Å². The van der Waals surface area contributed by atoms with Gasteiger partial charge in [-0.05, 0) is 27.2 Å². The molecule has 24 heavy (non-hydrogen) atoms. The average Bonchev–Trinajstić information content (AvgIpc) is 3.05. The maximum Gasteiger partial charge on any atom is 0.500 e. The molecule has 1 saturated heterocycles. The van der Waals surface area contributed by atoms with Crippen LogP contribution in [0, 0.1) is 0 Å². The first-order valence-electron chi connectivity index (χ1n) is 7.71. The van der Waals surface area contributed by atoms with E-state index in [1.807, 2.05) is 0 Å². The quantitative estimate of drug-likeness (QED) is 0.315. The van der Waals surface area contributed by atoms with E-state index in [9.17, 15) is 26.7 Å². The van der Waals surface area contributed by atoms with Crippen LogP contribution in [-0.4, -0.2) is 64.1 Å². The second-order valence-electron chi connectivity index (χ2n) is 5.11. The predicted octanol–water partition coefficient (Wildman–Crippen LogP) is 2.83. The second kappa shape index (κ2) is 8.06. The summed E-state index contributed by atoms with van der Waals surface area (Å²) >= 11 is 0. The van der Waals surface area contributed by atoms with Gasteiger partial charge in [0.1, 0.15) is 0 Å². The van der Waals surface area contributed by atoms with Crippen LogP contribution in [0.4, 0.5) is 22.0 Å². The lowest BCUT2D eigenvalue weighted by Crippen LogP contribution is -2.47. The van der Waals surface area contributed by atoms with Gasteiger partial charge in [-0.2, -0.15) is 13.2 Å². The summed E-state index contributed by atoms with van der Waals surface area (Å²) in [6.45, 7) is 5.58. The second-order valence-corrected chi connectivity index (χ2v) is 7.84. The summed E-state index contributed by atoms with van der Waals surface area (Å²) < 4.78 is 80.9. The molecule has 1 atom stereocenters. The van der Waals surface area contributed by atoms with Crippen molar-refractivity contribution in [3.8, 4) is 0 Å². The van der Waals surface area contributed by atoms with Crippen molar-refractivity contribution >= 4 is 14.7 Å². The molecule has 0 radical (unpaired) electrons. The normalized spacial score (nSPS) is 21.7. The van der Waals surface area contributed by atoms with E-state index in [4.69, 9.17) is 13.3 Å². The zero-order chi connectivity index (χ0) is 18.6. The van der Waals surface area contributed by atoms with Crippen molar-refractivity contribution in [1.29, 1.82) is 0 Å². The molecule has 0 bridgehead atoms. The molecule has 1 unspecified atom stereocenters. The first-order valence-corrected chi connectivity index (χ1v) is 9.64. The summed E-state index contributed by atoms with van der Waals surface area (Å²) in [4.78, 5) is 11.6. The van der Waals surface area contributed by atoms with Gasteiger partial charge in [0.15, 0.2) is 0 Å². The number of hydrogen-bond acceptors (Lipinski definition) is 4. The van der Waals surface area contributed by atoms with Crippen LogP contribution >= 0.6 is 0 Å². The van der Waals surface area contributed by atoms with Gasteiger partial charge in [-0.1, -0.05) is 0 Å². The summed E-state index contributed by atoms with van der Waals surface area (Å²) in [5.41, 5.74) is -3.67. The number of alkyl halides is 5. The lowest BCUT2D eigenvalue weighted by Gasteiger charge is -2.28. The fraction of sp³-hybridized carbons (Fsp3) is 0.923. The third-order valence-corrected chi connectivity index (χ3v) is 6.80. The van der Waals surface area contributed by atoms with Crippen LogP contribution in [0.15, 0.2) is 0 Å². The molecule has 0 spiro atoms. The Balaban J connectivity index is 2.73. The number of hydrogen-bond donors (Lipinski definition) is 0. The van der Waals surface area contributed by atoms with E-state index < -0.39 is 39.4 Å². The first-order chi connectivity index (χ1) is 11.1. The molecule has 11 heteroatoms. The number of amides is 1. The van der Waals surface area contributed by atoms with Gasteiger partial charge in [0.2, 0.25) is 0 Å². The molecule has 1 aliphatic heterocycles. The van der Waals surface area contributed by atoms with Gasteiger partial charge in [0.05, 0.1) is 0 Å². The minimum atomic E-state index is -5.31. The van der Waals surface area contributed by atoms with E-state index in [0.29, 0.717) is 19.8 Å². The SMILES string of the molecule is CCO[Si](CCCN1C(=O)C1(C(F)F)C(F)(F)F)(OCC)OCC. The zero-order valence-corrected chi connectivity index (χ0v) is 14.8. The molecular weight excluding hydrogens is 357 g/mol. The number of carbonyl (C=O) groups excluding carboxylic acids is 1. The Morgan fingerprint density at radius 1 is 1.08 bits per heavy atom. The Labute approximate surface area is 138 Å². The van der Waals surface area contributed by atoms with Crippen LogP contribution in [0.1, 0.15) is 27.2 Å². The largest absolute Gasteiger partial charge is 0.500 e. The van der Waals surface area contributed by atoms with Crippen molar-refractivity contribution in [2.45, 2.75) is 51.4 Å². The molecule has 0 saturated carbocycles. The fourth-order valence-electron chi connectivity index (χ4n) is 2.63. The molecule has 142 valence electrons.